The van der Waals surface area contributed by atoms with Crippen molar-refractivity contribution in [2.75, 3.05) is 18.4 Å². The van der Waals surface area contributed by atoms with Gasteiger partial charge in [-0.2, -0.15) is 0 Å². The molecule has 0 unspecified atom stereocenters. The van der Waals surface area contributed by atoms with Crippen LogP contribution in [0.15, 0.2) is 42.5 Å². The van der Waals surface area contributed by atoms with Gasteiger partial charge in [-0.15, -0.1) is 0 Å². The van der Waals surface area contributed by atoms with E-state index in [4.69, 9.17) is 4.74 Å². The van der Waals surface area contributed by atoms with Gasteiger partial charge in [0.05, 0.1) is 16.9 Å². The second-order valence-electron chi connectivity index (χ2n) is 4.88. The largest absolute Gasteiger partial charge is 0.453 e. The van der Waals surface area contributed by atoms with Gasteiger partial charge in [0.15, 0.2) is 11.5 Å². The second kappa shape index (κ2) is 5.48. The Bertz CT molecular complexity index is 678. The highest BCUT2D eigenvalue weighted by molar-refractivity contribution is 6.02. The number of para-hydroxylation sites is 3. The number of hydrogen-bond donors (Lipinski definition) is 1. The number of nitrogens with zero attached hydrogens (tertiary/aromatic N) is 1. The Morgan fingerprint density at radius 2 is 1.76 bits per heavy atom. The van der Waals surface area contributed by atoms with Gasteiger partial charge in [0, 0.05) is 13.1 Å². The van der Waals surface area contributed by atoms with Crippen LogP contribution in [0.4, 0.5) is 11.4 Å². The smallest absolute Gasteiger partial charge is 0.256 e. The van der Waals surface area contributed by atoms with Crippen molar-refractivity contribution in [2.45, 2.75) is 13.8 Å². The Balaban J connectivity index is 2.02. The summed E-state index contributed by atoms with van der Waals surface area (Å²) in [6.45, 7) is 5.35. The minimum Gasteiger partial charge on any atom is -0.453 e. The lowest BCUT2D eigenvalue weighted by atomic mass is 10.1. The second-order valence-corrected chi connectivity index (χ2v) is 4.88. The van der Waals surface area contributed by atoms with E-state index in [1.165, 1.54) is 0 Å². The maximum atomic E-state index is 12.6. The molecule has 0 saturated carbocycles. The minimum atomic E-state index is 0.0207. The number of rotatable bonds is 3. The van der Waals surface area contributed by atoms with Crippen molar-refractivity contribution in [3.8, 4) is 11.5 Å². The highest BCUT2D eigenvalue weighted by Crippen LogP contribution is 2.43. The molecule has 0 fully saturated rings. The van der Waals surface area contributed by atoms with Crippen molar-refractivity contribution in [2.24, 2.45) is 0 Å². The quantitative estimate of drug-likeness (QED) is 0.789. The van der Waals surface area contributed by atoms with Crippen LogP contribution in [-0.4, -0.2) is 23.9 Å². The van der Waals surface area contributed by atoms with Crippen molar-refractivity contribution in [1.82, 2.24) is 4.90 Å². The molecule has 1 aliphatic heterocycles. The Hall–Kier alpha value is -2.49. The number of amides is 1. The van der Waals surface area contributed by atoms with Gasteiger partial charge in [-0.3, -0.25) is 4.79 Å². The van der Waals surface area contributed by atoms with E-state index in [0.717, 1.165) is 17.1 Å². The Morgan fingerprint density at radius 1 is 1.05 bits per heavy atom. The molecule has 1 amide bonds. The summed E-state index contributed by atoms with van der Waals surface area (Å²) < 4.78 is 5.88. The number of anilines is 2. The van der Waals surface area contributed by atoms with Crippen LogP contribution in [0, 0.1) is 0 Å². The number of carbonyl (C=O) groups excluding carboxylic acids is 1. The van der Waals surface area contributed by atoms with Gasteiger partial charge in [0.1, 0.15) is 0 Å². The summed E-state index contributed by atoms with van der Waals surface area (Å²) in [5, 5.41) is 3.32. The summed E-state index contributed by atoms with van der Waals surface area (Å²) in [5.41, 5.74) is 2.27. The van der Waals surface area contributed by atoms with Crippen LogP contribution in [0.5, 0.6) is 11.5 Å². The van der Waals surface area contributed by atoms with E-state index in [2.05, 4.69) is 5.32 Å². The molecule has 2 aromatic carbocycles. The summed E-state index contributed by atoms with van der Waals surface area (Å²) in [4.78, 5) is 14.4. The fraction of sp³-hybridized carbons (Fsp3) is 0.235. The van der Waals surface area contributed by atoms with Gasteiger partial charge >= 0.3 is 0 Å². The summed E-state index contributed by atoms with van der Waals surface area (Å²) in [6.07, 6.45) is 0. The van der Waals surface area contributed by atoms with Crippen LogP contribution in [0.1, 0.15) is 24.2 Å². The van der Waals surface area contributed by atoms with Crippen molar-refractivity contribution in [1.29, 1.82) is 0 Å². The van der Waals surface area contributed by atoms with Gasteiger partial charge < -0.3 is 15.0 Å². The number of nitrogens with one attached hydrogen (secondary N) is 1. The monoisotopic (exact) mass is 282 g/mol. The van der Waals surface area contributed by atoms with Crippen molar-refractivity contribution in [3.05, 3.63) is 48.0 Å². The molecule has 0 atom stereocenters. The molecule has 0 bridgehead atoms. The van der Waals surface area contributed by atoms with Crippen molar-refractivity contribution >= 4 is 17.3 Å². The maximum Gasteiger partial charge on any atom is 0.256 e. The van der Waals surface area contributed by atoms with Gasteiger partial charge in [-0.25, -0.2) is 0 Å². The first-order chi connectivity index (χ1) is 10.2. The van der Waals surface area contributed by atoms with Crippen LogP contribution < -0.4 is 10.1 Å². The normalized spacial score (nSPS) is 11.7. The number of carbonyl (C=O) groups is 1. The molecule has 1 aliphatic rings. The van der Waals surface area contributed by atoms with Gasteiger partial charge in [0.2, 0.25) is 0 Å². The number of ether oxygens (including phenoxy) is 1. The molecule has 2 aromatic rings. The number of benzene rings is 2. The first-order valence-corrected chi connectivity index (χ1v) is 7.20. The summed E-state index contributed by atoms with van der Waals surface area (Å²) >= 11 is 0. The third-order valence-corrected chi connectivity index (χ3v) is 3.67. The molecule has 4 nitrogen and oxygen atoms in total. The van der Waals surface area contributed by atoms with E-state index in [9.17, 15) is 4.79 Å². The predicted molar refractivity (Wildman–Crippen MR) is 83.5 cm³/mol. The third-order valence-electron chi connectivity index (χ3n) is 3.67. The molecule has 21 heavy (non-hydrogen) atoms. The maximum absolute atomic E-state index is 12.6. The van der Waals surface area contributed by atoms with E-state index in [-0.39, 0.29) is 5.91 Å². The standard InChI is InChI=1S/C17H18N2O2/c1-3-19(4-2)17(20)12-8-7-11-15-16(12)18-13-9-5-6-10-14(13)21-15/h5-11,18H,3-4H2,1-2H3. The molecule has 108 valence electrons. The van der Waals surface area contributed by atoms with E-state index < -0.39 is 0 Å². The molecule has 4 heteroatoms. The van der Waals surface area contributed by atoms with Crippen LogP contribution in [0.3, 0.4) is 0 Å². The number of fused-ring (bicyclic) bond motifs is 2. The molecule has 1 heterocycles. The lowest BCUT2D eigenvalue weighted by molar-refractivity contribution is 0.0773. The Morgan fingerprint density at radius 3 is 2.52 bits per heavy atom. The van der Waals surface area contributed by atoms with Crippen molar-refractivity contribution < 1.29 is 9.53 Å². The highest BCUT2D eigenvalue weighted by atomic mass is 16.5. The first kappa shape index (κ1) is 13.5. The summed E-state index contributed by atoms with van der Waals surface area (Å²) in [6, 6.07) is 13.3. The van der Waals surface area contributed by atoms with Gasteiger partial charge in [-0.05, 0) is 38.1 Å². The van der Waals surface area contributed by atoms with Crippen LogP contribution in [0.25, 0.3) is 0 Å². The lowest BCUT2D eigenvalue weighted by Crippen LogP contribution is -2.31. The Labute approximate surface area is 124 Å². The predicted octanol–water partition coefficient (Wildman–Crippen LogP) is 4.02. The molecule has 1 N–H and O–H groups in total. The topological polar surface area (TPSA) is 41.6 Å². The molecule has 0 aromatic heterocycles. The summed E-state index contributed by atoms with van der Waals surface area (Å²) in [7, 11) is 0. The number of hydrogen-bond acceptors (Lipinski definition) is 3. The Kier molecular flexibility index (Phi) is 3.52. The highest BCUT2D eigenvalue weighted by Gasteiger charge is 2.23. The average Bonchev–Trinajstić information content (AvgIpc) is 2.53. The molecule has 0 aliphatic carbocycles. The van der Waals surface area contributed by atoms with E-state index in [0.29, 0.717) is 24.4 Å². The summed E-state index contributed by atoms with van der Waals surface area (Å²) in [5.74, 6) is 1.48. The van der Waals surface area contributed by atoms with E-state index in [1.54, 1.807) is 4.90 Å². The fourth-order valence-electron chi connectivity index (χ4n) is 2.52. The average molecular weight is 282 g/mol. The van der Waals surface area contributed by atoms with Crippen LogP contribution in [0.2, 0.25) is 0 Å². The van der Waals surface area contributed by atoms with Crippen molar-refractivity contribution in [3.63, 3.8) is 0 Å². The fourth-order valence-corrected chi connectivity index (χ4v) is 2.52. The molecule has 0 radical (unpaired) electrons. The van der Waals surface area contributed by atoms with Gasteiger partial charge in [0.25, 0.3) is 5.91 Å². The molecule has 0 spiro atoms. The van der Waals surface area contributed by atoms with Crippen LogP contribution in [-0.2, 0) is 0 Å². The van der Waals surface area contributed by atoms with E-state index in [1.807, 2.05) is 56.3 Å². The van der Waals surface area contributed by atoms with E-state index >= 15 is 0 Å². The molecule has 3 rings (SSSR count). The SMILES string of the molecule is CCN(CC)C(=O)c1cccc2c1Nc1ccccc1O2. The zero-order chi connectivity index (χ0) is 14.8. The first-order valence-electron chi connectivity index (χ1n) is 7.20. The lowest BCUT2D eigenvalue weighted by Gasteiger charge is -2.26. The van der Waals surface area contributed by atoms with Gasteiger partial charge in [-0.1, -0.05) is 18.2 Å². The molecule has 0 saturated heterocycles. The third kappa shape index (κ3) is 2.33. The molecular weight excluding hydrogens is 264 g/mol. The molecular formula is C17H18N2O2. The minimum absolute atomic E-state index is 0.0207. The zero-order valence-electron chi connectivity index (χ0n) is 12.2. The van der Waals surface area contributed by atoms with Crippen LogP contribution >= 0.6 is 0 Å². The zero-order valence-corrected chi connectivity index (χ0v) is 12.2.